The molecular formula is C20H31IN4O2S. The van der Waals surface area contributed by atoms with Gasteiger partial charge in [-0.2, -0.15) is 0 Å². The van der Waals surface area contributed by atoms with Gasteiger partial charge in [0.25, 0.3) is 0 Å². The van der Waals surface area contributed by atoms with Gasteiger partial charge >= 0.3 is 0 Å². The lowest BCUT2D eigenvalue weighted by Gasteiger charge is -2.23. The van der Waals surface area contributed by atoms with Crippen molar-refractivity contribution in [2.24, 2.45) is 16.8 Å². The molecule has 1 aromatic rings. The molecule has 2 aliphatic heterocycles. The molecule has 2 atom stereocenters. The van der Waals surface area contributed by atoms with E-state index in [1.807, 2.05) is 24.3 Å². The van der Waals surface area contributed by atoms with Gasteiger partial charge in [0.1, 0.15) is 0 Å². The summed E-state index contributed by atoms with van der Waals surface area (Å²) in [7, 11) is -1.54. The van der Waals surface area contributed by atoms with E-state index < -0.39 is 10.0 Å². The Morgan fingerprint density at radius 1 is 1.18 bits per heavy atom. The Labute approximate surface area is 185 Å². The predicted octanol–water partition coefficient (Wildman–Crippen LogP) is 2.69. The van der Waals surface area contributed by atoms with E-state index >= 15 is 0 Å². The number of anilines is 1. The molecule has 1 aromatic carbocycles. The van der Waals surface area contributed by atoms with Crippen LogP contribution in [0.15, 0.2) is 29.3 Å². The lowest BCUT2D eigenvalue weighted by molar-refractivity contribution is 0.299. The summed E-state index contributed by atoms with van der Waals surface area (Å²) in [4.78, 5) is 6.72. The van der Waals surface area contributed by atoms with E-state index in [1.54, 1.807) is 11.4 Å². The number of aliphatic imine (C=N–C) groups is 1. The second kappa shape index (κ2) is 9.19. The molecule has 1 saturated carbocycles. The van der Waals surface area contributed by atoms with Crippen LogP contribution in [-0.2, 0) is 16.4 Å². The first-order valence-corrected chi connectivity index (χ1v) is 11.7. The van der Waals surface area contributed by atoms with Crippen LogP contribution < -0.4 is 9.62 Å². The van der Waals surface area contributed by atoms with Crippen LogP contribution in [0.1, 0.15) is 31.2 Å². The highest BCUT2D eigenvalue weighted by atomic mass is 127. The Kier molecular flexibility index (Phi) is 7.12. The van der Waals surface area contributed by atoms with E-state index in [9.17, 15) is 8.42 Å². The van der Waals surface area contributed by atoms with Gasteiger partial charge in [-0.25, -0.2) is 8.42 Å². The van der Waals surface area contributed by atoms with E-state index in [1.165, 1.54) is 25.7 Å². The van der Waals surface area contributed by atoms with Crippen molar-refractivity contribution < 1.29 is 8.42 Å². The number of benzene rings is 1. The van der Waals surface area contributed by atoms with Crippen molar-refractivity contribution >= 4 is 45.6 Å². The Morgan fingerprint density at radius 2 is 1.86 bits per heavy atom. The number of guanidine groups is 1. The van der Waals surface area contributed by atoms with Crippen LogP contribution in [0.5, 0.6) is 0 Å². The third-order valence-electron chi connectivity index (χ3n) is 6.31. The summed E-state index contributed by atoms with van der Waals surface area (Å²) in [6.07, 6.45) is 6.12. The molecule has 1 N–H and O–H groups in total. The van der Waals surface area contributed by atoms with Crippen molar-refractivity contribution in [1.29, 1.82) is 0 Å². The molecule has 8 heteroatoms. The number of halogens is 1. The van der Waals surface area contributed by atoms with Crippen molar-refractivity contribution in [3.05, 3.63) is 29.8 Å². The largest absolute Gasteiger partial charge is 0.355 e. The topological polar surface area (TPSA) is 65.0 Å². The number of fused-ring (bicyclic) bond motifs is 2. The lowest BCUT2D eigenvalue weighted by Crippen LogP contribution is -2.43. The molecule has 156 valence electrons. The van der Waals surface area contributed by atoms with Crippen LogP contribution in [0, 0.1) is 11.8 Å². The van der Waals surface area contributed by atoms with Crippen molar-refractivity contribution in [3.8, 4) is 0 Å². The van der Waals surface area contributed by atoms with E-state index in [0.717, 1.165) is 48.6 Å². The normalized spacial score (nSPS) is 24.5. The van der Waals surface area contributed by atoms with Crippen molar-refractivity contribution in [3.63, 3.8) is 0 Å². The van der Waals surface area contributed by atoms with Crippen LogP contribution in [0.2, 0.25) is 0 Å². The number of para-hydroxylation sites is 1. The SMILES string of the molecule is CN=C(NCCS(=O)(=O)N1CCc2ccccc21)N1CC2CCCCC2C1.I. The number of nitrogens with zero attached hydrogens (tertiary/aromatic N) is 3. The number of rotatable bonds is 4. The van der Waals surface area contributed by atoms with E-state index in [-0.39, 0.29) is 29.7 Å². The van der Waals surface area contributed by atoms with E-state index in [2.05, 4.69) is 15.2 Å². The van der Waals surface area contributed by atoms with E-state index in [0.29, 0.717) is 13.1 Å². The van der Waals surface area contributed by atoms with Crippen molar-refractivity contribution in [2.75, 3.05) is 43.3 Å². The molecule has 28 heavy (non-hydrogen) atoms. The molecule has 0 amide bonds. The van der Waals surface area contributed by atoms with Gasteiger partial charge in [0.05, 0.1) is 11.4 Å². The van der Waals surface area contributed by atoms with Gasteiger partial charge in [-0.3, -0.25) is 9.30 Å². The standard InChI is InChI=1S/C20H30N4O2S.HI/c1-21-20(23-14-17-7-2-3-8-18(17)15-23)22-11-13-27(25,26)24-12-10-16-6-4-5-9-19(16)24;/h4-6,9,17-18H,2-3,7-8,10-15H2,1H3,(H,21,22);1H. The molecule has 0 radical (unpaired) electrons. The van der Waals surface area contributed by atoms with Gasteiger partial charge in [0.15, 0.2) is 5.96 Å². The number of sulfonamides is 1. The highest BCUT2D eigenvalue weighted by Gasteiger charge is 2.35. The summed E-state index contributed by atoms with van der Waals surface area (Å²) in [5.41, 5.74) is 1.95. The zero-order chi connectivity index (χ0) is 18.9. The summed E-state index contributed by atoms with van der Waals surface area (Å²) >= 11 is 0. The minimum Gasteiger partial charge on any atom is -0.355 e. The summed E-state index contributed by atoms with van der Waals surface area (Å²) < 4.78 is 27.2. The van der Waals surface area contributed by atoms with E-state index in [4.69, 9.17) is 0 Å². The zero-order valence-corrected chi connectivity index (χ0v) is 19.7. The first kappa shape index (κ1) is 21.7. The van der Waals surface area contributed by atoms with Crippen LogP contribution in [0.25, 0.3) is 0 Å². The minimum absolute atomic E-state index is 0. The van der Waals surface area contributed by atoms with Crippen LogP contribution >= 0.6 is 24.0 Å². The third kappa shape index (κ3) is 4.42. The number of nitrogens with one attached hydrogen (secondary N) is 1. The summed E-state index contributed by atoms with van der Waals surface area (Å²) in [5.74, 6) is 2.49. The Bertz CT molecular complexity index is 800. The number of hydrogen-bond donors (Lipinski definition) is 1. The molecule has 1 saturated heterocycles. The first-order chi connectivity index (χ1) is 13.1. The molecule has 4 rings (SSSR count). The average molecular weight is 518 g/mol. The fourth-order valence-corrected chi connectivity index (χ4v) is 6.34. The smallest absolute Gasteiger partial charge is 0.236 e. The molecule has 3 aliphatic rings. The average Bonchev–Trinajstić information content (AvgIpc) is 3.29. The fraction of sp³-hybridized carbons (Fsp3) is 0.650. The maximum absolute atomic E-state index is 12.8. The van der Waals surface area contributed by atoms with Crippen LogP contribution in [-0.4, -0.2) is 58.3 Å². The van der Waals surface area contributed by atoms with Gasteiger partial charge in [-0.05, 0) is 42.7 Å². The first-order valence-electron chi connectivity index (χ1n) is 10.1. The fourth-order valence-electron chi connectivity index (χ4n) is 4.91. The number of hydrogen-bond acceptors (Lipinski definition) is 3. The molecule has 0 bridgehead atoms. The van der Waals surface area contributed by atoms with Crippen molar-refractivity contribution in [2.45, 2.75) is 32.1 Å². The quantitative estimate of drug-likeness (QED) is 0.378. The lowest BCUT2D eigenvalue weighted by atomic mass is 9.82. The molecule has 0 spiro atoms. The van der Waals surface area contributed by atoms with Gasteiger partial charge in [0, 0.05) is 33.2 Å². The van der Waals surface area contributed by atoms with Crippen molar-refractivity contribution in [1.82, 2.24) is 10.2 Å². The van der Waals surface area contributed by atoms with Crippen LogP contribution in [0.3, 0.4) is 0 Å². The van der Waals surface area contributed by atoms with Gasteiger partial charge in [0.2, 0.25) is 10.0 Å². The highest BCUT2D eigenvalue weighted by Crippen LogP contribution is 2.36. The predicted molar refractivity (Wildman–Crippen MR) is 125 cm³/mol. The highest BCUT2D eigenvalue weighted by molar-refractivity contribution is 14.0. The molecule has 0 aromatic heterocycles. The molecule has 6 nitrogen and oxygen atoms in total. The summed E-state index contributed by atoms with van der Waals surface area (Å²) in [6, 6.07) is 7.78. The van der Waals surface area contributed by atoms with Crippen LogP contribution in [0.4, 0.5) is 5.69 Å². The monoisotopic (exact) mass is 518 g/mol. The summed E-state index contributed by atoms with van der Waals surface area (Å²) in [6.45, 7) is 3.04. The van der Waals surface area contributed by atoms with Gasteiger partial charge in [-0.15, -0.1) is 24.0 Å². The molecular weight excluding hydrogens is 487 g/mol. The molecule has 2 unspecified atom stereocenters. The van der Waals surface area contributed by atoms with Gasteiger partial charge < -0.3 is 10.2 Å². The minimum atomic E-state index is -3.32. The second-order valence-corrected chi connectivity index (χ2v) is 9.96. The Balaban J connectivity index is 0.00000225. The summed E-state index contributed by atoms with van der Waals surface area (Å²) in [5, 5.41) is 3.29. The maximum atomic E-state index is 12.8. The molecule has 2 fully saturated rings. The molecule has 2 heterocycles. The number of likely N-dealkylation sites (tertiary alicyclic amines) is 1. The Hall–Kier alpha value is -1.03. The third-order valence-corrected chi connectivity index (χ3v) is 8.08. The Morgan fingerprint density at radius 3 is 2.54 bits per heavy atom. The van der Waals surface area contributed by atoms with Gasteiger partial charge in [-0.1, -0.05) is 31.0 Å². The maximum Gasteiger partial charge on any atom is 0.236 e. The zero-order valence-electron chi connectivity index (χ0n) is 16.5. The molecule has 1 aliphatic carbocycles. The second-order valence-electron chi connectivity index (χ2n) is 7.95.